The van der Waals surface area contributed by atoms with Crippen LogP contribution in [-0.2, 0) is 0 Å². The quantitative estimate of drug-likeness (QED) is 0.242. The van der Waals surface area contributed by atoms with Gasteiger partial charge >= 0.3 is 0 Å². The molecule has 9 nitrogen and oxygen atoms in total. The molecular formula is C28H26FN9. The number of nitrogens with zero attached hydrogens (tertiary/aromatic N) is 5. The van der Waals surface area contributed by atoms with Gasteiger partial charge in [0.2, 0.25) is 0 Å². The van der Waals surface area contributed by atoms with Gasteiger partial charge in [0.25, 0.3) is 0 Å². The molecule has 6 aromatic rings. The number of H-pyrrole nitrogens is 2. The van der Waals surface area contributed by atoms with Crippen LogP contribution in [0.5, 0.6) is 0 Å². The molecule has 0 saturated heterocycles. The van der Waals surface area contributed by atoms with Crippen LogP contribution in [0, 0.1) is 5.82 Å². The van der Waals surface area contributed by atoms with Crippen molar-refractivity contribution >= 4 is 33.4 Å². The fourth-order valence-corrected chi connectivity index (χ4v) is 4.51. The largest absolute Gasteiger partial charge is 0.397 e. The summed E-state index contributed by atoms with van der Waals surface area (Å²) in [5.41, 5.74) is 13.3. The van der Waals surface area contributed by atoms with Crippen molar-refractivity contribution in [3.63, 3.8) is 0 Å². The van der Waals surface area contributed by atoms with Crippen LogP contribution in [0.1, 0.15) is 0 Å². The van der Waals surface area contributed by atoms with Crippen molar-refractivity contribution in [1.82, 2.24) is 35.0 Å². The zero-order chi connectivity index (χ0) is 26.2. The molecule has 0 fully saturated rings. The molecule has 0 aliphatic heterocycles. The lowest BCUT2D eigenvalue weighted by Crippen LogP contribution is -2.20. The van der Waals surface area contributed by atoms with Crippen molar-refractivity contribution in [2.75, 3.05) is 38.2 Å². The molecular weight excluding hydrogens is 481 g/mol. The summed E-state index contributed by atoms with van der Waals surface area (Å²) in [5.74, 6) is 0.277. The molecule has 10 heteroatoms. The Morgan fingerprint density at radius 2 is 1.87 bits per heavy atom. The molecule has 0 radical (unpaired) electrons. The van der Waals surface area contributed by atoms with Gasteiger partial charge < -0.3 is 20.9 Å². The predicted molar refractivity (Wildman–Crippen MR) is 149 cm³/mol. The van der Waals surface area contributed by atoms with Gasteiger partial charge in [-0.15, -0.1) is 0 Å². The van der Waals surface area contributed by atoms with Gasteiger partial charge in [-0.1, -0.05) is 12.1 Å². The van der Waals surface area contributed by atoms with Gasteiger partial charge in [0.15, 0.2) is 11.5 Å². The number of nitrogens with two attached hydrogens (primary N) is 1. The van der Waals surface area contributed by atoms with E-state index in [9.17, 15) is 4.39 Å². The summed E-state index contributed by atoms with van der Waals surface area (Å²) in [7, 11) is 4.01. The number of aromatic amines is 2. The first kappa shape index (κ1) is 23.6. The second kappa shape index (κ2) is 9.56. The van der Waals surface area contributed by atoms with E-state index in [1.807, 2.05) is 50.5 Å². The minimum absolute atomic E-state index is 0.310. The molecule has 6 rings (SSSR count). The summed E-state index contributed by atoms with van der Waals surface area (Å²) >= 11 is 0. The minimum atomic E-state index is -0.310. The summed E-state index contributed by atoms with van der Waals surface area (Å²) < 4.78 is 14.6. The van der Waals surface area contributed by atoms with Crippen LogP contribution in [0.25, 0.3) is 55.8 Å². The lowest BCUT2D eigenvalue weighted by atomic mass is 10.0. The molecule has 4 aromatic heterocycles. The van der Waals surface area contributed by atoms with Gasteiger partial charge in [-0.05, 0) is 56.1 Å². The highest BCUT2D eigenvalue weighted by Gasteiger charge is 2.17. The number of para-hydroxylation sites is 1. The first-order valence-corrected chi connectivity index (χ1v) is 12.2. The first-order chi connectivity index (χ1) is 18.4. The Morgan fingerprint density at radius 1 is 1.00 bits per heavy atom. The maximum atomic E-state index is 14.6. The molecule has 0 spiro atoms. The van der Waals surface area contributed by atoms with Crippen molar-refractivity contribution < 1.29 is 4.39 Å². The van der Waals surface area contributed by atoms with E-state index in [1.165, 1.54) is 12.1 Å². The van der Waals surface area contributed by atoms with E-state index in [0.717, 1.165) is 50.9 Å². The van der Waals surface area contributed by atoms with Crippen molar-refractivity contribution in [1.29, 1.82) is 0 Å². The van der Waals surface area contributed by atoms with E-state index in [4.69, 9.17) is 10.7 Å². The number of pyridine rings is 2. The van der Waals surface area contributed by atoms with E-state index in [-0.39, 0.29) is 5.82 Å². The van der Waals surface area contributed by atoms with E-state index in [2.05, 4.69) is 35.4 Å². The number of hydrogen-bond acceptors (Lipinski definition) is 7. The number of rotatable bonds is 7. The Hall–Kier alpha value is -4.83. The van der Waals surface area contributed by atoms with Crippen LogP contribution in [0.3, 0.4) is 0 Å². The van der Waals surface area contributed by atoms with Crippen LogP contribution >= 0.6 is 0 Å². The number of fused-ring (bicyclic) bond motifs is 2. The van der Waals surface area contributed by atoms with Gasteiger partial charge in [0.1, 0.15) is 11.5 Å². The third-order valence-corrected chi connectivity index (χ3v) is 6.34. The van der Waals surface area contributed by atoms with Crippen molar-refractivity contribution in [3.8, 4) is 33.8 Å². The maximum Gasteiger partial charge on any atom is 0.159 e. The van der Waals surface area contributed by atoms with Crippen LogP contribution in [0.15, 0.2) is 67.1 Å². The van der Waals surface area contributed by atoms with Gasteiger partial charge in [0.05, 0.1) is 22.1 Å². The number of imidazole rings is 1. The molecule has 2 aromatic carbocycles. The smallest absolute Gasteiger partial charge is 0.159 e. The van der Waals surface area contributed by atoms with Gasteiger partial charge in [-0.3, -0.25) is 10.1 Å². The SMILES string of the molecule is CN(C)CCNc1cc(F)cc(-c2cccc3[nH]c(-c4n[nH]c5ncc(-c6cncc(N)c6)cc45)nc23)c1. The van der Waals surface area contributed by atoms with Gasteiger partial charge in [0, 0.05) is 54.1 Å². The predicted octanol–water partition coefficient (Wildman–Crippen LogP) is 4.93. The molecule has 38 heavy (non-hydrogen) atoms. The molecule has 0 amide bonds. The molecule has 190 valence electrons. The van der Waals surface area contributed by atoms with Crippen LogP contribution < -0.4 is 11.1 Å². The van der Waals surface area contributed by atoms with Gasteiger partial charge in [-0.2, -0.15) is 5.10 Å². The summed E-state index contributed by atoms with van der Waals surface area (Å²) in [4.78, 5) is 19.1. The first-order valence-electron chi connectivity index (χ1n) is 12.2. The maximum absolute atomic E-state index is 14.6. The highest BCUT2D eigenvalue weighted by atomic mass is 19.1. The number of nitrogens with one attached hydrogen (secondary N) is 3. The number of nitrogen functional groups attached to an aromatic ring is 1. The summed E-state index contributed by atoms with van der Waals surface area (Å²) in [6.07, 6.45) is 5.10. The monoisotopic (exact) mass is 507 g/mol. The van der Waals surface area contributed by atoms with E-state index in [0.29, 0.717) is 29.4 Å². The number of aromatic nitrogens is 6. The molecule has 0 bridgehead atoms. The number of likely N-dealkylation sites (N-methyl/N-ethyl adjacent to an activating group) is 1. The van der Waals surface area contributed by atoms with Crippen LogP contribution in [0.4, 0.5) is 15.8 Å². The average Bonchev–Trinajstić information content (AvgIpc) is 3.51. The number of benzene rings is 2. The number of anilines is 2. The fourth-order valence-electron chi connectivity index (χ4n) is 4.51. The van der Waals surface area contributed by atoms with Gasteiger partial charge in [-0.25, -0.2) is 14.4 Å². The van der Waals surface area contributed by atoms with Crippen LogP contribution in [0.2, 0.25) is 0 Å². The molecule has 0 unspecified atom stereocenters. The highest BCUT2D eigenvalue weighted by molar-refractivity contribution is 5.97. The number of halogens is 1. The van der Waals surface area contributed by atoms with E-state index < -0.39 is 0 Å². The standard InChI is InChI=1S/C28H26FN9/c1-38(2)7-6-32-21-10-16(8-19(29)12-21)22-4-3-5-24-25(22)35-28(34-24)26-23-11-18(14-33-27(23)37-36-26)17-9-20(30)15-31-13-17/h3-5,8-15,32H,6-7,30H2,1-2H3,(H,34,35)(H,33,36,37). The average molecular weight is 508 g/mol. The Balaban J connectivity index is 1.40. The third-order valence-electron chi connectivity index (χ3n) is 6.34. The highest BCUT2D eigenvalue weighted by Crippen LogP contribution is 2.33. The Bertz CT molecular complexity index is 1770. The Morgan fingerprint density at radius 3 is 2.71 bits per heavy atom. The normalized spacial score (nSPS) is 11.6. The fraction of sp³-hybridized carbons (Fsp3) is 0.143. The van der Waals surface area contributed by atoms with Crippen LogP contribution in [-0.4, -0.2) is 62.2 Å². The summed E-state index contributed by atoms with van der Waals surface area (Å²) in [6, 6.07) is 14.6. The zero-order valence-corrected chi connectivity index (χ0v) is 21.0. The molecule has 0 aliphatic carbocycles. The molecule has 0 aliphatic rings. The second-order valence-electron chi connectivity index (χ2n) is 9.45. The number of hydrogen-bond donors (Lipinski definition) is 4. The lowest BCUT2D eigenvalue weighted by molar-refractivity contribution is 0.425. The summed E-state index contributed by atoms with van der Waals surface area (Å²) in [5, 5.41) is 11.6. The van der Waals surface area contributed by atoms with Crippen molar-refractivity contribution in [2.45, 2.75) is 0 Å². The zero-order valence-electron chi connectivity index (χ0n) is 21.0. The third kappa shape index (κ3) is 4.53. The molecule has 5 N–H and O–H groups in total. The van der Waals surface area contributed by atoms with E-state index in [1.54, 1.807) is 18.6 Å². The topological polar surface area (TPSA) is 124 Å². The molecule has 0 saturated carbocycles. The van der Waals surface area contributed by atoms with E-state index >= 15 is 0 Å². The summed E-state index contributed by atoms with van der Waals surface area (Å²) in [6.45, 7) is 1.55. The lowest BCUT2D eigenvalue weighted by Gasteiger charge is -2.13. The Kier molecular flexibility index (Phi) is 5.93. The van der Waals surface area contributed by atoms with Crippen molar-refractivity contribution in [2.24, 2.45) is 0 Å². The Labute approximate surface area is 218 Å². The second-order valence-corrected chi connectivity index (χ2v) is 9.45. The van der Waals surface area contributed by atoms with Crippen molar-refractivity contribution in [3.05, 3.63) is 72.9 Å². The molecule has 0 atom stereocenters. The molecule has 4 heterocycles. The minimum Gasteiger partial charge on any atom is -0.397 e.